The van der Waals surface area contributed by atoms with Crippen molar-refractivity contribution in [2.45, 2.75) is 63.6 Å². The molecule has 1 aromatic rings. The number of allylic oxidation sites excluding steroid dienone is 3. The Morgan fingerprint density at radius 1 is 1.21 bits per heavy atom. The topological polar surface area (TPSA) is 79.2 Å². The van der Waals surface area contributed by atoms with Gasteiger partial charge in [0, 0.05) is 5.02 Å². The van der Waals surface area contributed by atoms with E-state index in [1.807, 2.05) is 19.1 Å². The molecule has 6 heteroatoms. The largest absolute Gasteiger partial charge is 0.494 e. The van der Waals surface area contributed by atoms with Crippen LogP contribution < -0.4 is 0 Å². The highest BCUT2D eigenvalue weighted by atomic mass is 35.5. The first kappa shape index (κ1) is 21.3. The van der Waals surface area contributed by atoms with Gasteiger partial charge < -0.3 is 24.8 Å². The summed E-state index contributed by atoms with van der Waals surface area (Å²) in [6, 6.07) is 5.51. The Kier molecular flexibility index (Phi) is 6.52. The molecule has 0 radical (unpaired) electrons. The molecule has 1 heterocycles. The molecule has 3 rings (SSSR count). The van der Waals surface area contributed by atoms with Gasteiger partial charge in [-0.1, -0.05) is 29.8 Å². The van der Waals surface area contributed by atoms with E-state index in [0.29, 0.717) is 17.5 Å². The third kappa shape index (κ3) is 4.44. The molecule has 154 valence electrons. The lowest BCUT2D eigenvalue weighted by Gasteiger charge is -2.45. The predicted molar refractivity (Wildman–Crippen MR) is 108 cm³/mol. The fraction of sp³-hybridized carbons (Fsp3) is 0.545. The van der Waals surface area contributed by atoms with E-state index < -0.39 is 30.0 Å². The van der Waals surface area contributed by atoms with E-state index in [-0.39, 0.29) is 0 Å². The molecule has 5 atom stereocenters. The van der Waals surface area contributed by atoms with Crippen LogP contribution in [0, 0.1) is 5.92 Å². The average molecular weight is 409 g/mol. The maximum Gasteiger partial charge on any atom is 0.115 e. The predicted octanol–water partition coefficient (Wildman–Crippen LogP) is 3.31. The number of rotatable bonds is 5. The lowest BCUT2D eigenvalue weighted by Crippen LogP contribution is -2.58. The Morgan fingerprint density at radius 3 is 2.61 bits per heavy atom. The number of halogens is 1. The summed E-state index contributed by atoms with van der Waals surface area (Å²) in [5.74, 6) is 1.20. The van der Waals surface area contributed by atoms with E-state index in [9.17, 15) is 15.3 Å². The van der Waals surface area contributed by atoms with E-state index in [2.05, 4.69) is 12.2 Å². The van der Waals surface area contributed by atoms with Gasteiger partial charge in [0.1, 0.15) is 30.2 Å². The van der Waals surface area contributed by atoms with Crippen LogP contribution in [-0.2, 0) is 15.9 Å². The minimum atomic E-state index is -1.28. The zero-order chi connectivity index (χ0) is 20.5. The number of benzene rings is 1. The minimum absolute atomic E-state index is 0.304. The van der Waals surface area contributed by atoms with Gasteiger partial charge in [-0.15, -0.1) is 0 Å². The van der Waals surface area contributed by atoms with Gasteiger partial charge >= 0.3 is 0 Å². The lowest BCUT2D eigenvalue weighted by atomic mass is 9.84. The zero-order valence-electron chi connectivity index (χ0n) is 16.5. The molecule has 1 aliphatic heterocycles. The van der Waals surface area contributed by atoms with E-state index >= 15 is 0 Å². The first-order chi connectivity index (χ1) is 13.2. The standard InChI is InChI=1S/C22H29ClO5/c1-4-27-16-8-5-13(6-9-16)11-15-12-14(7-10-17(15)23)20-18(24)19(25)21(26)22(2,3)28-20/h5,7-10,12-13,18-21,24-26H,4,6,11H2,1-3H3/t13?,18-,19-,20+,21-/m1/s1. The van der Waals surface area contributed by atoms with Crippen molar-refractivity contribution in [2.24, 2.45) is 5.92 Å². The van der Waals surface area contributed by atoms with Gasteiger partial charge in [0.05, 0.1) is 12.2 Å². The van der Waals surface area contributed by atoms with E-state index in [1.54, 1.807) is 26.0 Å². The van der Waals surface area contributed by atoms with Gasteiger partial charge in [0.25, 0.3) is 0 Å². The lowest BCUT2D eigenvalue weighted by molar-refractivity contribution is -0.259. The Hall–Kier alpha value is -1.37. The van der Waals surface area contributed by atoms with Gasteiger partial charge in [-0.3, -0.25) is 0 Å². The maximum absolute atomic E-state index is 10.5. The highest BCUT2D eigenvalue weighted by Gasteiger charge is 2.48. The summed E-state index contributed by atoms with van der Waals surface area (Å²) in [5.41, 5.74) is 0.711. The Balaban J connectivity index is 1.78. The molecular weight excluding hydrogens is 380 g/mol. The second kappa shape index (κ2) is 8.56. The molecule has 5 nitrogen and oxygen atoms in total. The summed E-state index contributed by atoms with van der Waals surface area (Å²) < 4.78 is 11.5. The van der Waals surface area contributed by atoms with Gasteiger partial charge in [-0.25, -0.2) is 0 Å². The number of hydrogen-bond donors (Lipinski definition) is 3. The van der Waals surface area contributed by atoms with Gasteiger partial charge in [-0.05, 0) is 68.9 Å². The normalized spacial score (nSPS) is 32.1. The Labute approximate surface area is 171 Å². The summed E-state index contributed by atoms with van der Waals surface area (Å²) in [6.07, 6.45) is 3.41. The molecule has 0 aromatic heterocycles. The summed E-state index contributed by atoms with van der Waals surface area (Å²) in [6.45, 7) is 6.01. The van der Waals surface area contributed by atoms with Crippen molar-refractivity contribution < 1.29 is 24.8 Å². The van der Waals surface area contributed by atoms with Crippen molar-refractivity contribution in [3.05, 3.63) is 58.3 Å². The summed E-state index contributed by atoms with van der Waals surface area (Å²) >= 11 is 6.42. The van der Waals surface area contributed by atoms with Gasteiger partial charge in [-0.2, -0.15) is 0 Å². The molecule has 0 saturated carbocycles. The first-order valence-electron chi connectivity index (χ1n) is 9.74. The molecule has 0 amide bonds. The van der Waals surface area contributed by atoms with E-state index in [0.717, 1.165) is 29.7 Å². The molecule has 2 aliphatic rings. The third-order valence-electron chi connectivity index (χ3n) is 5.47. The van der Waals surface area contributed by atoms with Crippen LogP contribution in [0.3, 0.4) is 0 Å². The van der Waals surface area contributed by atoms with Crippen molar-refractivity contribution in [3.63, 3.8) is 0 Å². The van der Waals surface area contributed by atoms with Crippen LogP contribution >= 0.6 is 11.6 Å². The maximum atomic E-state index is 10.5. The monoisotopic (exact) mass is 408 g/mol. The molecule has 1 aromatic carbocycles. The number of aliphatic hydroxyl groups excluding tert-OH is 3. The van der Waals surface area contributed by atoms with Crippen molar-refractivity contribution in [1.82, 2.24) is 0 Å². The molecule has 1 saturated heterocycles. The van der Waals surface area contributed by atoms with Crippen LogP contribution in [-0.4, -0.2) is 45.8 Å². The van der Waals surface area contributed by atoms with Crippen LogP contribution in [0.1, 0.15) is 44.4 Å². The Morgan fingerprint density at radius 2 is 1.96 bits per heavy atom. The highest BCUT2D eigenvalue weighted by molar-refractivity contribution is 6.31. The molecular formula is C22H29ClO5. The van der Waals surface area contributed by atoms with Crippen molar-refractivity contribution in [3.8, 4) is 0 Å². The summed E-state index contributed by atoms with van der Waals surface area (Å²) in [5, 5.41) is 31.5. The Bertz CT molecular complexity index is 757. The molecule has 28 heavy (non-hydrogen) atoms. The highest BCUT2D eigenvalue weighted by Crippen LogP contribution is 2.39. The first-order valence-corrected chi connectivity index (χ1v) is 10.1. The molecule has 0 bridgehead atoms. The van der Waals surface area contributed by atoms with Crippen molar-refractivity contribution >= 4 is 11.6 Å². The van der Waals surface area contributed by atoms with Crippen LogP contribution in [0.5, 0.6) is 0 Å². The van der Waals surface area contributed by atoms with Gasteiger partial charge in [0.15, 0.2) is 0 Å². The number of ether oxygens (including phenoxy) is 2. The second-order valence-electron chi connectivity index (χ2n) is 8.02. The SMILES string of the molecule is CCOC1=CCC(Cc2cc([C@@H]3OC(C)(C)[C@H](O)[C@H](O)[C@H]3O)ccc2Cl)C=C1. The molecule has 3 N–H and O–H groups in total. The molecule has 1 fully saturated rings. The number of aliphatic hydroxyl groups is 3. The van der Waals surface area contributed by atoms with E-state index in [1.165, 1.54) is 0 Å². The zero-order valence-corrected chi connectivity index (χ0v) is 17.3. The quantitative estimate of drug-likeness (QED) is 0.696. The fourth-order valence-electron chi connectivity index (χ4n) is 3.79. The minimum Gasteiger partial charge on any atom is -0.494 e. The molecule has 1 aliphatic carbocycles. The van der Waals surface area contributed by atoms with Crippen LogP contribution in [0.4, 0.5) is 0 Å². The van der Waals surface area contributed by atoms with Crippen molar-refractivity contribution in [2.75, 3.05) is 6.61 Å². The average Bonchev–Trinajstić information content (AvgIpc) is 2.67. The van der Waals surface area contributed by atoms with E-state index in [4.69, 9.17) is 21.1 Å². The van der Waals surface area contributed by atoms with Crippen LogP contribution in [0.15, 0.2) is 42.2 Å². The molecule has 0 spiro atoms. The van der Waals surface area contributed by atoms with Crippen LogP contribution in [0.2, 0.25) is 5.02 Å². The fourth-order valence-corrected chi connectivity index (χ4v) is 3.98. The van der Waals surface area contributed by atoms with Crippen LogP contribution in [0.25, 0.3) is 0 Å². The summed E-state index contributed by atoms with van der Waals surface area (Å²) in [4.78, 5) is 0. The second-order valence-corrected chi connectivity index (χ2v) is 8.42. The number of hydrogen-bond acceptors (Lipinski definition) is 5. The van der Waals surface area contributed by atoms with Gasteiger partial charge in [0.2, 0.25) is 0 Å². The smallest absolute Gasteiger partial charge is 0.115 e. The summed E-state index contributed by atoms with van der Waals surface area (Å²) in [7, 11) is 0. The third-order valence-corrected chi connectivity index (χ3v) is 5.84. The van der Waals surface area contributed by atoms with Crippen molar-refractivity contribution in [1.29, 1.82) is 0 Å². The molecule has 1 unspecified atom stereocenters.